The van der Waals surface area contributed by atoms with Crippen LogP contribution in [0.5, 0.6) is 11.5 Å². The fraction of sp³-hybridized carbons (Fsp3) is 0.455. The fourth-order valence-corrected chi connectivity index (χ4v) is 3.84. The molecule has 2 saturated heterocycles. The highest BCUT2D eigenvalue weighted by Crippen LogP contribution is 2.40. The molecule has 0 aliphatic carbocycles. The van der Waals surface area contributed by atoms with Crippen molar-refractivity contribution in [1.29, 1.82) is 0 Å². The minimum atomic E-state index is -0.575. The van der Waals surface area contributed by atoms with E-state index in [1.165, 1.54) is 24.3 Å². The van der Waals surface area contributed by atoms with Crippen LogP contribution in [0.2, 0.25) is 0 Å². The molecular formula is C22H24N2O8. The van der Waals surface area contributed by atoms with Crippen LogP contribution in [0, 0.1) is 20.2 Å². The lowest BCUT2D eigenvalue weighted by molar-refractivity contribution is -0.386. The number of nitro groups is 2. The number of rotatable bonds is 7. The van der Waals surface area contributed by atoms with Crippen LogP contribution in [0.4, 0.5) is 11.4 Å². The first kappa shape index (κ1) is 22.0. The zero-order valence-corrected chi connectivity index (χ0v) is 17.4. The van der Waals surface area contributed by atoms with Crippen LogP contribution in [-0.4, -0.2) is 35.6 Å². The molecule has 0 N–H and O–H groups in total. The Bertz CT molecular complexity index is 904. The summed E-state index contributed by atoms with van der Waals surface area (Å²) < 4.78 is 22.5. The molecule has 32 heavy (non-hydrogen) atoms. The van der Waals surface area contributed by atoms with E-state index in [9.17, 15) is 20.2 Å². The smallest absolute Gasteiger partial charge is 0.281 e. The van der Waals surface area contributed by atoms with Gasteiger partial charge in [0, 0.05) is 12.8 Å². The van der Waals surface area contributed by atoms with Crippen molar-refractivity contribution in [3.05, 3.63) is 56.6 Å². The van der Waals surface area contributed by atoms with Crippen LogP contribution >= 0.6 is 0 Å². The van der Waals surface area contributed by atoms with E-state index in [1.54, 1.807) is 12.1 Å². The van der Waals surface area contributed by atoms with E-state index in [-0.39, 0.29) is 34.0 Å². The Kier molecular flexibility index (Phi) is 6.81. The van der Waals surface area contributed by atoms with Gasteiger partial charge in [-0.25, -0.2) is 0 Å². The van der Waals surface area contributed by atoms with E-state index in [0.29, 0.717) is 26.1 Å². The molecule has 0 saturated carbocycles. The molecular weight excluding hydrogens is 420 g/mol. The van der Waals surface area contributed by atoms with E-state index in [4.69, 9.17) is 18.9 Å². The number of benzene rings is 2. The van der Waals surface area contributed by atoms with Gasteiger partial charge >= 0.3 is 0 Å². The molecule has 2 aromatic rings. The van der Waals surface area contributed by atoms with Crippen molar-refractivity contribution in [2.45, 2.75) is 51.1 Å². The van der Waals surface area contributed by atoms with E-state index in [2.05, 4.69) is 0 Å². The van der Waals surface area contributed by atoms with Crippen molar-refractivity contribution < 1.29 is 28.8 Å². The Labute approximate surface area is 184 Å². The average Bonchev–Trinajstić information content (AvgIpc) is 2.80. The van der Waals surface area contributed by atoms with Crippen molar-refractivity contribution in [2.24, 2.45) is 0 Å². The minimum absolute atomic E-state index is 0.124. The SMILES string of the molecule is O=[N+]([O-])c1cc(OC2CCCCO2)ccc1-c1ccc(OC2CCCCO2)cc1[N+](=O)[O-]. The predicted molar refractivity (Wildman–Crippen MR) is 114 cm³/mol. The van der Waals surface area contributed by atoms with Gasteiger partial charge in [0.25, 0.3) is 11.4 Å². The summed E-state index contributed by atoms with van der Waals surface area (Å²) in [4.78, 5) is 22.4. The zero-order valence-electron chi connectivity index (χ0n) is 17.4. The second-order valence-electron chi connectivity index (χ2n) is 7.70. The van der Waals surface area contributed by atoms with Crippen molar-refractivity contribution in [3.8, 4) is 22.6 Å². The number of nitrogens with zero attached hydrogens (tertiary/aromatic N) is 2. The van der Waals surface area contributed by atoms with E-state index in [1.807, 2.05) is 0 Å². The summed E-state index contributed by atoms with van der Waals surface area (Å²) in [7, 11) is 0. The van der Waals surface area contributed by atoms with Gasteiger partial charge in [0.2, 0.25) is 0 Å². The van der Waals surface area contributed by atoms with Crippen molar-refractivity contribution in [1.82, 2.24) is 0 Å². The minimum Gasteiger partial charge on any atom is -0.465 e. The van der Waals surface area contributed by atoms with Crippen molar-refractivity contribution in [3.63, 3.8) is 0 Å². The number of hydrogen-bond donors (Lipinski definition) is 0. The lowest BCUT2D eigenvalue weighted by Crippen LogP contribution is -2.25. The molecule has 2 heterocycles. The maximum absolute atomic E-state index is 11.8. The summed E-state index contributed by atoms with van der Waals surface area (Å²) in [6.07, 6.45) is 4.31. The largest absolute Gasteiger partial charge is 0.465 e. The molecule has 4 rings (SSSR count). The molecule has 2 aliphatic heterocycles. The van der Waals surface area contributed by atoms with Crippen LogP contribution in [-0.2, 0) is 9.47 Å². The first-order chi connectivity index (χ1) is 15.5. The van der Waals surface area contributed by atoms with E-state index in [0.717, 1.165) is 25.7 Å². The normalized spacial score (nSPS) is 21.0. The Balaban J connectivity index is 1.63. The Morgan fingerprint density at radius 3 is 1.50 bits per heavy atom. The average molecular weight is 444 g/mol. The van der Waals surface area contributed by atoms with Crippen LogP contribution < -0.4 is 9.47 Å². The molecule has 0 radical (unpaired) electrons. The van der Waals surface area contributed by atoms with Crippen LogP contribution in [0.25, 0.3) is 11.1 Å². The molecule has 10 nitrogen and oxygen atoms in total. The standard InChI is InChI=1S/C22H24N2O8/c25-23(26)19-13-15(31-21-5-1-3-11-29-21)7-9-17(19)18-10-8-16(14-20(18)24(27)28)32-22-6-2-4-12-30-22/h7-10,13-14,21-22H,1-6,11-12H2. The Morgan fingerprint density at radius 1 is 0.719 bits per heavy atom. The highest BCUT2D eigenvalue weighted by molar-refractivity contribution is 5.81. The monoisotopic (exact) mass is 444 g/mol. The van der Waals surface area contributed by atoms with Gasteiger partial charge in [-0.3, -0.25) is 20.2 Å². The third kappa shape index (κ3) is 5.14. The highest BCUT2D eigenvalue weighted by atomic mass is 16.7. The lowest BCUT2D eigenvalue weighted by Gasteiger charge is -2.23. The third-order valence-corrected chi connectivity index (χ3v) is 5.43. The summed E-state index contributed by atoms with van der Waals surface area (Å²) in [5.74, 6) is 0.564. The second kappa shape index (κ2) is 9.92. The van der Waals surface area contributed by atoms with Gasteiger partial charge in [-0.1, -0.05) is 0 Å². The number of nitro benzene ring substituents is 2. The Hall–Kier alpha value is -3.24. The first-order valence-electron chi connectivity index (χ1n) is 10.6. The molecule has 0 spiro atoms. The third-order valence-electron chi connectivity index (χ3n) is 5.43. The second-order valence-corrected chi connectivity index (χ2v) is 7.70. The predicted octanol–water partition coefficient (Wildman–Crippen LogP) is 4.98. The van der Waals surface area contributed by atoms with Crippen molar-refractivity contribution >= 4 is 11.4 Å². The maximum atomic E-state index is 11.8. The lowest BCUT2D eigenvalue weighted by atomic mass is 10.0. The quantitative estimate of drug-likeness (QED) is 0.433. The molecule has 0 amide bonds. The van der Waals surface area contributed by atoms with Gasteiger partial charge in [0.05, 0.1) is 46.3 Å². The number of hydrogen-bond acceptors (Lipinski definition) is 8. The molecule has 2 fully saturated rings. The van der Waals surface area contributed by atoms with E-state index >= 15 is 0 Å². The topological polar surface area (TPSA) is 123 Å². The van der Waals surface area contributed by atoms with Gasteiger partial charge in [-0.2, -0.15) is 0 Å². The summed E-state index contributed by atoms with van der Waals surface area (Å²) in [6.45, 7) is 1.16. The summed E-state index contributed by atoms with van der Waals surface area (Å²) >= 11 is 0. The summed E-state index contributed by atoms with van der Waals surface area (Å²) in [5, 5.41) is 23.5. The number of ether oxygens (including phenoxy) is 4. The van der Waals surface area contributed by atoms with Crippen LogP contribution in [0.15, 0.2) is 36.4 Å². The molecule has 2 aromatic carbocycles. The molecule has 0 bridgehead atoms. The van der Waals surface area contributed by atoms with Gasteiger partial charge in [0.15, 0.2) is 12.6 Å². The molecule has 0 aromatic heterocycles. The summed E-state index contributed by atoms with van der Waals surface area (Å²) in [6, 6.07) is 8.59. The zero-order chi connectivity index (χ0) is 22.5. The summed E-state index contributed by atoms with van der Waals surface area (Å²) in [5.41, 5.74) is -0.324. The van der Waals surface area contributed by atoms with Crippen LogP contribution in [0.3, 0.4) is 0 Å². The molecule has 170 valence electrons. The fourth-order valence-electron chi connectivity index (χ4n) is 3.84. The van der Waals surface area contributed by atoms with Gasteiger partial charge in [-0.15, -0.1) is 0 Å². The molecule has 2 aliphatic rings. The molecule has 2 unspecified atom stereocenters. The van der Waals surface area contributed by atoms with Gasteiger partial charge < -0.3 is 18.9 Å². The first-order valence-corrected chi connectivity index (χ1v) is 10.6. The van der Waals surface area contributed by atoms with Crippen molar-refractivity contribution in [2.75, 3.05) is 13.2 Å². The molecule has 2 atom stereocenters. The van der Waals surface area contributed by atoms with Gasteiger partial charge in [-0.05, 0) is 49.9 Å². The van der Waals surface area contributed by atoms with Crippen LogP contribution in [0.1, 0.15) is 38.5 Å². The maximum Gasteiger partial charge on any atom is 0.281 e. The Morgan fingerprint density at radius 2 is 1.16 bits per heavy atom. The molecule has 10 heteroatoms. The van der Waals surface area contributed by atoms with E-state index < -0.39 is 22.4 Å². The van der Waals surface area contributed by atoms with Gasteiger partial charge in [0.1, 0.15) is 11.5 Å². The highest BCUT2D eigenvalue weighted by Gasteiger charge is 2.26.